The van der Waals surface area contributed by atoms with E-state index in [-0.39, 0.29) is 17.6 Å². The molecule has 0 atom stereocenters. The Morgan fingerprint density at radius 1 is 1.24 bits per heavy atom. The second kappa shape index (κ2) is 6.94. The van der Waals surface area contributed by atoms with Crippen molar-refractivity contribution in [1.82, 2.24) is 10.5 Å². The van der Waals surface area contributed by atoms with Gasteiger partial charge in [0.15, 0.2) is 5.76 Å². The predicted octanol–water partition coefficient (Wildman–Crippen LogP) is 3.44. The molecule has 25 heavy (non-hydrogen) atoms. The van der Waals surface area contributed by atoms with E-state index in [9.17, 15) is 9.59 Å². The lowest BCUT2D eigenvalue weighted by Crippen LogP contribution is -2.23. The number of nitrogens with zero attached hydrogens (tertiary/aromatic N) is 1. The number of furan rings is 1. The third-order valence-corrected chi connectivity index (χ3v) is 4.86. The number of aryl methyl sites for hydroxylation is 3. The van der Waals surface area contributed by atoms with Gasteiger partial charge in [-0.15, -0.1) is 11.3 Å². The predicted molar refractivity (Wildman–Crippen MR) is 92.9 cm³/mol. The molecule has 0 bridgehead atoms. The van der Waals surface area contributed by atoms with E-state index in [1.165, 1.54) is 17.6 Å². The van der Waals surface area contributed by atoms with Crippen LogP contribution in [0.25, 0.3) is 0 Å². The molecule has 0 aliphatic carbocycles. The van der Waals surface area contributed by atoms with E-state index in [0.29, 0.717) is 22.2 Å². The zero-order valence-corrected chi connectivity index (χ0v) is 14.8. The molecule has 3 aromatic heterocycles. The average Bonchev–Trinajstić information content (AvgIpc) is 3.28. The van der Waals surface area contributed by atoms with Gasteiger partial charge in [-0.3, -0.25) is 9.59 Å². The first kappa shape index (κ1) is 17.0. The topological polar surface area (TPSA) is 97.4 Å². The van der Waals surface area contributed by atoms with E-state index >= 15 is 0 Å². The Morgan fingerprint density at radius 2 is 2.04 bits per heavy atom. The van der Waals surface area contributed by atoms with E-state index in [0.717, 1.165) is 16.8 Å². The number of rotatable bonds is 5. The summed E-state index contributed by atoms with van der Waals surface area (Å²) in [5.41, 5.74) is 2.41. The van der Waals surface area contributed by atoms with Gasteiger partial charge in [-0.2, -0.15) is 0 Å². The molecule has 2 N–H and O–H groups in total. The molecule has 0 spiro atoms. The fourth-order valence-corrected chi connectivity index (χ4v) is 3.34. The van der Waals surface area contributed by atoms with Crippen LogP contribution in [-0.2, 0) is 6.54 Å². The number of anilines is 1. The van der Waals surface area contributed by atoms with Crippen molar-refractivity contribution in [2.24, 2.45) is 0 Å². The maximum atomic E-state index is 12.4. The van der Waals surface area contributed by atoms with Crippen molar-refractivity contribution in [1.29, 1.82) is 0 Å². The van der Waals surface area contributed by atoms with Crippen molar-refractivity contribution in [2.45, 2.75) is 27.3 Å². The summed E-state index contributed by atoms with van der Waals surface area (Å²) in [5.74, 6) is 0.345. The molecular weight excluding hydrogens is 342 g/mol. The summed E-state index contributed by atoms with van der Waals surface area (Å²) in [6, 6.07) is 4.98. The number of thiophene rings is 1. The fraction of sp³-hybridized carbons (Fsp3) is 0.235. The zero-order valence-electron chi connectivity index (χ0n) is 14.0. The van der Waals surface area contributed by atoms with E-state index in [1.54, 1.807) is 25.1 Å². The molecule has 2 amide bonds. The Morgan fingerprint density at radius 3 is 2.68 bits per heavy atom. The summed E-state index contributed by atoms with van der Waals surface area (Å²) >= 11 is 1.21. The molecule has 0 fully saturated rings. The maximum absolute atomic E-state index is 12.4. The molecule has 0 aliphatic heterocycles. The molecule has 7 nitrogen and oxygen atoms in total. The molecule has 0 saturated heterocycles. The number of hydrogen-bond acceptors (Lipinski definition) is 6. The lowest BCUT2D eigenvalue weighted by Gasteiger charge is -2.04. The molecular formula is C17H17N3O4S. The van der Waals surface area contributed by atoms with Crippen LogP contribution in [0.1, 0.15) is 42.8 Å². The highest BCUT2D eigenvalue weighted by Gasteiger charge is 2.17. The van der Waals surface area contributed by atoms with E-state index in [4.69, 9.17) is 8.94 Å². The summed E-state index contributed by atoms with van der Waals surface area (Å²) in [7, 11) is 0. The molecule has 8 heteroatoms. The molecule has 0 aromatic carbocycles. The molecule has 0 saturated carbocycles. The van der Waals surface area contributed by atoms with Gasteiger partial charge in [0.1, 0.15) is 5.76 Å². The second-order valence-electron chi connectivity index (χ2n) is 5.54. The van der Waals surface area contributed by atoms with Gasteiger partial charge >= 0.3 is 0 Å². The van der Waals surface area contributed by atoms with Gasteiger partial charge in [-0.05, 0) is 44.5 Å². The van der Waals surface area contributed by atoms with Crippen molar-refractivity contribution < 1.29 is 18.5 Å². The Hall–Kier alpha value is -2.87. The van der Waals surface area contributed by atoms with Crippen molar-refractivity contribution in [2.75, 3.05) is 5.32 Å². The van der Waals surface area contributed by atoms with Crippen LogP contribution in [0.4, 0.5) is 5.00 Å². The SMILES string of the molecule is Cc1cc(NC(=O)c2ccco2)sc1C(=O)NCc1c(C)noc1C. The van der Waals surface area contributed by atoms with E-state index in [1.807, 2.05) is 13.8 Å². The van der Waals surface area contributed by atoms with Crippen molar-refractivity contribution in [3.05, 3.63) is 57.7 Å². The van der Waals surface area contributed by atoms with Gasteiger partial charge in [-0.25, -0.2) is 0 Å². The summed E-state index contributed by atoms with van der Waals surface area (Å²) in [4.78, 5) is 25.0. The number of carbonyl (C=O) groups is 2. The van der Waals surface area contributed by atoms with Crippen molar-refractivity contribution in [3.63, 3.8) is 0 Å². The van der Waals surface area contributed by atoms with E-state index in [2.05, 4.69) is 15.8 Å². The minimum atomic E-state index is -0.353. The minimum absolute atomic E-state index is 0.207. The quantitative estimate of drug-likeness (QED) is 0.727. The third-order valence-electron chi connectivity index (χ3n) is 3.71. The van der Waals surface area contributed by atoms with Crippen LogP contribution in [0.15, 0.2) is 33.4 Å². The zero-order chi connectivity index (χ0) is 18.0. The smallest absolute Gasteiger partial charge is 0.291 e. The molecule has 3 aromatic rings. The summed E-state index contributed by atoms with van der Waals surface area (Å²) in [5, 5.41) is 10.0. The minimum Gasteiger partial charge on any atom is -0.459 e. The normalized spacial score (nSPS) is 10.7. The number of amides is 2. The standard InChI is InChI=1S/C17H17N3O4S/c1-9-7-14(19-16(21)13-5-4-6-23-13)25-15(9)17(22)18-8-12-10(2)20-24-11(12)3/h4-7H,8H2,1-3H3,(H,18,22)(H,19,21). The fourth-order valence-electron chi connectivity index (χ4n) is 2.35. The Labute approximate surface area is 148 Å². The molecule has 0 radical (unpaired) electrons. The summed E-state index contributed by atoms with van der Waals surface area (Å²) in [6.45, 7) is 5.80. The highest BCUT2D eigenvalue weighted by Crippen LogP contribution is 2.27. The lowest BCUT2D eigenvalue weighted by atomic mass is 10.2. The third kappa shape index (κ3) is 3.63. The number of carbonyl (C=O) groups excluding carboxylic acids is 2. The Kier molecular flexibility index (Phi) is 4.71. The molecule has 3 rings (SSSR count). The van der Waals surface area contributed by atoms with Gasteiger partial charge in [0, 0.05) is 12.1 Å². The van der Waals surface area contributed by atoms with Gasteiger partial charge in [0.05, 0.1) is 21.8 Å². The first-order valence-corrected chi connectivity index (χ1v) is 8.42. The molecule has 130 valence electrons. The van der Waals surface area contributed by atoms with Gasteiger partial charge in [-0.1, -0.05) is 5.16 Å². The Balaban J connectivity index is 1.67. The van der Waals surface area contributed by atoms with Gasteiger partial charge in [0.2, 0.25) is 0 Å². The summed E-state index contributed by atoms with van der Waals surface area (Å²) in [6.07, 6.45) is 1.43. The molecule has 0 unspecified atom stereocenters. The summed E-state index contributed by atoms with van der Waals surface area (Å²) < 4.78 is 10.1. The first-order chi connectivity index (χ1) is 12.0. The second-order valence-corrected chi connectivity index (χ2v) is 6.59. The van der Waals surface area contributed by atoms with Crippen LogP contribution in [-0.4, -0.2) is 17.0 Å². The number of aromatic nitrogens is 1. The van der Waals surface area contributed by atoms with Gasteiger partial charge in [0.25, 0.3) is 11.8 Å². The van der Waals surface area contributed by atoms with Crippen LogP contribution < -0.4 is 10.6 Å². The van der Waals surface area contributed by atoms with E-state index < -0.39 is 0 Å². The highest BCUT2D eigenvalue weighted by atomic mass is 32.1. The lowest BCUT2D eigenvalue weighted by molar-refractivity contribution is 0.0953. The Bertz CT molecular complexity index is 889. The van der Waals surface area contributed by atoms with Crippen LogP contribution in [0.2, 0.25) is 0 Å². The molecule has 3 heterocycles. The largest absolute Gasteiger partial charge is 0.459 e. The monoisotopic (exact) mass is 359 g/mol. The average molecular weight is 359 g/mol. The maximum Gasteiger partial charge on any atom is 0.291 e. The van der Waals surface area contributed by atoms with Crippen molar-refractivity contribution in [3.8, 4) is 0 Å². The van der Waals surface area contributed by atoms with Crippen LogP contribution in [0, 0.1) is 20.8 Å². The van der Waals surface area contributed by atoms with Crippen LogP contribution >= 0.6 is 11.3 Å². The first-order valence-electron chi connectivity index (χ1n) is 7.61. The number of hydrogen-bond donors (Lipinski definition) is 2. The van der Waals surface area contributed by atoms with Crippen LogP contribution in [0.5, 0.6) is 0 Å². The highest BCUT2D eigenvalue weighted by molar-refractivity contribution is 7.18. The number of nitrogens with one attached hydrogen (secondary N) is 2. The van der Waals surface area contributed by atoms with Gasteiger partial charge < -0.3 is 19.6 Å². The van der Waals surface area contributed by atoms with Crippen LogP contribution in [0.3, 0.4) is 0 Å². The van der Waals surface area contributed by atoms with Crippen molar-refractivity contribution >= 4 is 28.2 Å². The molecule has 0 aliphatic rings.